The predicted octanol–water partition coefficient (Wildman–Crippen LogP) is 1.86. The van der Waals surface area contributed by atoms with Crippen LogP contribution < -0.4 is 10.6 Å². The number of fused-ring (bicyclic) bond motifs is 1. The molecule has 3 aromatic rings. The van der Waals surface area contributed by atoms with Crippen molar-refractivity contribution in [3.05, 3.63) is 41.6 Å². The highest BCUT2D eigenvalue weighted by molar-refractivity contribution is 5.91. The maximum Gasteiger partial charge on any atom is 0.389 e. The van der Waals surface area contributed by atoms with Crippen LogP contribution in [0.1, 0.15) is 41.0 Å². The molecule has 1 aliphatic rings. The summed E-state index contributed by atoms with van der Waals surface area (Å²) in [6.45, 7) is -0.0513. The van der Waals surface area contributed by atoms with Crippen molar-refractivity contribution in [1.82, 2.24) is 40.2 Å². The number of nitrogens with one attached hydrogen (secondary N) is 2. The largest absolute Gasteiger partial charge is 0.389 e. The Morgan fingerprint density at radius 2 is 1.91 bits per heavy atom. The first-order chi connectivity index (χ1) is 16.0. The molecule has 0 aliphatic heterocycles. The minimum atomic E-state index is -4.40. The van der Waals surface area contributed by atoms with Crippen LogP contribution in [0.5, 0.6) is 0 Å². The van der Waals surface area contributed by atoms with E-state index in [1.807, 2.05) is 0 Å². The van der Waals surface area contributed by atoms with E-state index in [4.69, 9.17) is 0 Å². The average molecular weight is 486 g/mol. The van der Waals surface area contributed by atoms with Crippen molar-refractivity contribution in [1.29, 1.82) is 0 Å². The van der Waals surface area contributed by atoms with Crippen LogP contribution >= 0.6 is 0 Å². The zero-order valence-corrected chi connectivity index (χ0v) is 17.5. The van der Waals surface area contributed by atoms with E-state index >= 15 is 0 Å². The number of alkyl halides is 5. The van der Waals surface area contributed by atoms with Gasteiger partial charge in [0.1, 0.15) is 0 Å². The molecule has 2 N–H and O–H groups in total. The van der Waals surface area contributed by atoms with E-state index in [1.165, 1.54) is 16.9 Å². The predicted molar refractivity (Wildman–Crippen MR) is 104 cm³/mol. The van der Waals surface area contributed by atoms with Crippen LogP contribution in [0.25, 0.3) is 5.65 Å². The van der Waals surface area contributed by atoms with Crippen LogP contribution in [-0.2, 0) is 24.4 Å². The van der Waals surface area contributed by atoms with Crippen molar-refractivity contribution in [2.75, 3.05) is 0 Å². The van der Waals surface area contributed by atoms with Gasteiger partial charge in [-0.3, -0.25) is 9.59 Å². The van der Waals surface area contributed by atoms with Gasteiger partial charge >= 0.3 is 6.18 Å². The van der Waals surface area contributed by atoms with Crippen molar-refractivity contribution in [3.63, 3.8) is 0 Å². The molecule has 1 atom stereocenters. The molecule has 3 aromatic heterocycles. The van der Waals surface area contributed by atoms with Crippen molar-refractivity contribution in [3.8, 4) is 0 Å². The first-order valence-corrected chi connectivity index (χ1v) is 10.2. The quantitative estimate of drug-likeness (QED) is 0.446. The Morgan fingerprint density at radius 3 is 2.62 bits per heavy atom. The van der Waals surface area contributed by atoms with Crippen LogP contribution in [0, 0.1) is 5.92 Å². The molecule has 1 saturated carbocycles. The van der Waals surface area contributed by atoms with Gasteiger partial charge in [-0.1, -0.05) is 0 Å². The summed E-state index contributed by atoms with van der Waals surface area (Å²) in [5.74, 6) is -4.81. The second kappa shape index (κ2) is 8.95. The van der Waals surface area contributed by atoms with Crippen LogP contribution in [0.2, 0.25) is 0 Å². The van der Waals surface area contributed by atoms with E-state index in [1.54, 1.807) is 12.3 Å². The molecule has 0 aromatic carbocycles. The Labute approximate surface area is 188 Å². The second-order valence-electron chi connectivity index (χ2n) is 7.92. The summed E-state index contributed by atoms with van der Waals surface area (Å²) >= 11 is 0. The lowest BCUT2D eigenvalue weighted by molar-refractivity contribution is -0.144. The van der Waals surface area contributed by atoms with Crippen LogP contribution in [0.4, 0.5) is 22.0 Å². The van der Waals surface area contributed by atoms with Crippen LogP contribution in [-0.4, -0.2) is 53.5 Å². The average Bonchev–Trinajstić information content (AvgIpc) is 3.14. The molecular formula is C19H19F5N8O2. The van der Waals surface area contributed by atoms with E-state index in [0.717, 1.165) is 4.80 Å². The van der Waals surface area contributed by atoms with Gasteiger partial charge in [0.15, 0.2) is 11.3 Å². The normalized spacial score (nSPS) is 17.0. The molecule has 34 heavy (non-hydrogen) atoms. The number of carbonyl (C=O) groups is 2. The van der Waals surface area contributed by atoms with Crippen molar-refractivity contribution >= 4 is 17.5 Å². The second-order valence-corrected chi connectivity index (χ2v) is 7.92. The Kier molecular flexibility index (Phi) is 6.18. The Morgan fingerprint density at radius 1 is 1.15 bits per heavy atom. The number of aromatic nitrogens is 6. The molecule has 1 aliphatic carbocycles. The van der Waals surface area contributed by atoms with E-state index in [9.17, 15) is 31.5 Å². The van der Waals surface area contributed by atoms with Crippen molar-refractivity contribution in [2.45, 2.75) is 51.0 Å². The first-order valence-electron chi connectivity index (χ1n) is 10.2. The maximum atomic E-state index is 13.0. The lowest BCUT2D eigenvalue weighted by Gasteiger charge is -2.07. The molecule has 0 bridgehead atoms. The third kappa shape index (κ3) is 6.02. The minimum Gasteiger partial charge on any atom is -0.352 e. The Hall–Kier alpha value is -3.65. The fourth-order valence-corrected chi connectivity index (χ4v) is 3.11. The Bertz CT molecular complexity index is 1200. The number of imidazole rings is 1. The van der Waals surface area contributed by atoms with E-state index in [2.05, 4.69) is 30.9 Å². The molecular weight excluding hydrogens is 467 g/mol. The lowest BCUT2D eigenvalue weighted by Crippen LogP contribution is -2.24. The summed E-state index contributed by atoms with van der Waals surface area (Å²) in [5.41, 5.74) is 1.38. The summed E-state index contributed by atoms with van der Waals surface area (Å²) in [7, 11) is 0. The van der Waals surface area contributed by atoms with Gasteiger partial charge in [-0.05, 0) is 11.6 Å². The third-order valence-electron chi connectivity index (χ3n) is 5.09. The number of nitrogens with zero attached hydrogens (tertiary/aromatic N) is 6. The van der Waals surface area contributed by atoms with Gasteiger partial charge in [0.25, 0.3) is 11.8 Å². The zero-order chi connectivity index (χ0) is 24.5. The number of carbonyl (C=O) groups excluding carboxylic acids is 2. The van der Waals surface area contributed by atoms with Gasteiger partial charge in [0.2, 0.25) is 5.91 Å². The summed E-state index contributed by atoms with van der Waals surface area (Å²) in [4.78, 5) is 29.2. The van der Waals surface area contributed by atoms with Crippen molar-refractivity contribution < 1.29 is 31.5 Å². The van der Waals surface area contributed by atoms with E-state index < -0.39 is 42.7 Å². The lowest BCUT2D eigenvalue weighted by atomic mass is 10.2. The molecule has 3 heterocycles. The van der Waals surface area contributed by atoms with Gasteiger partial charge in [0, 0.05) is 25.3 Å². The topological polar surface area (TPSA) is 119 Å². The SMILES string of the molecule is O=C(CCC(F)(F)F)NCc1cnn2cc(CNC(=O)c3cnn(CC4CC4(F)F)n3)nc2c1. The number of halogens is 5. The Balaban J connectivity index is 1.28. The molecule has 10 nitrogen and oxygen atoms in total. The highest BCUT2D eigenvalue weighted by Crippen LogP contribution is 2.49. The summed E-state index contributed by atoms with van der Waals surface area (Å²) in [5, 5.41) is 16.9. The standard InChI is InChI=1S/C19H19F5N8O2/c20-18(21)4-12(18)9-32-28-8-14(30-32)17(34)26-7-13-10-31-15(29-13)3-11(6-27-31)5-25-16(33)1-2-19(22,23)24/h3,6,8,10,12H,1-2,4-5,7,9H2,(H,25,33)(H,26,34). The van der Waals surface area contributed by atoms with E-state index in [-0.39, 0.29) is 31.7 Å². The summed E-state index contributed by atoms with van der Waals surface area (Å²) in [6.07, 6.45) is -2.29. The van der Waals surface area contributed by atoms with Crippen LogP contribution in [0.15, 0.2) is 24.7 Å². The molecule has 1 fully saturated rings. The molecule has 1 unspecified atom stereocenters. The van der Waals surface area contributed by atoms with Gasteiger partial charge in [-0.2, -0.15) is 28.2 Å². The number of hydrogen-bond donors (Lipinski definition) is 2. The number of rotatable bonds is 9. The highest BCUT2D eigenvalue weighted by Gasteiger charge is 2.57. The zero-order valence-electron chi connectivity index (χ0n) is 17.5. The molecule has 0 spiro atoms. The maximum absolute atomic E-state index is 13.0. The minimum absolute atomic E-state index is 0.0123. The summed E-state index contributed by atoms with van der Waals surface area (Å²) < 4.78 is 64.0. The monoisotopic (exact) mass is 486 g/mol. The van der Waals surface area contributed by atoms with Crippen LogP contribution in [0.3, 0.4) is 0 Å². The molecule has 4 rings (SSSR count). The van der Waals surface area contributed by atoms with E-state index in [0.29, 0.717) is 16.9 Å². The molecule has 2 amide bonds. The molecule has 0 radical (unpaired) electrons. The molecule has 15 heteroatoms. The van der Waals surface area contributed by atoms with Gasteiger partial charge in [-0.15, -0.1) is 5.10 Å². The third-order valence-corrected chi connectivity index (χ3v) is 5.09. The fourth-order valence-electron chi connectivity index (χ4n) is 3.11. The molecule has 0 saturated heterocycles. The summed E-state index contributed by atoms with van der Waals surface area (Å²) in [6, 6.07) is 1.60. The van der Waals surface area contributed by atoms with Crippen molar-refractivity contribution in [2.24, 2.45) is 5.92 Å². The smallest absolute Gasteiger partial charge is 0.352 e. The van der Waals surface area contributed by atoms with Gasteiger partial charge < -0.3 is 10.6 Å². The first kappa shape index (κ1) is 23.5. The fraction of sp³-hybridized carbons (Fsp3) is 0.474. The highest BCUT2D eigenvalue weighted by atomic mass is 19.4. The molecule has 182 valence electrons. The number of hydrogen-bond acceptors (Lipinski definition) is 6. The van der Waals surface area contributed by atoms with Gasteiger partial charge in [0.05, 0.1) is 43.8 Å². The van der Waals surface area contributed by atoms with Gasteiger partial charge in [-0.25, -0.2) is 18.3 Å². The number of amides is 2.